The molecule has 0 saturated heterocycles. The van der Waals surface area contributed by atoms with Crippen LogP contribution in [0.15, 0.2) is 71.6 Å². The molecule has 3 aromatic rings. The van der Waals surface area contributed by atoms with Crippen LogP contribution in [0, 0.1) is 5.82 Å². The Morgan fingerprint density at radius 2 is 1.62 bits per heavy atom. The van der Waals surface area contributed by atoms with Crippen LogP contribution in [0.5, 0.6) is 5.75 Å². The summed E-state index contributed by atoms with van der Waals surface area (Å²) in [4.78, 5) is 14.3. The summed E-state index contributed by atoms with van der Waals surface area (Å²) in [5.74, 6) is -0.455. The predicted octanol–water partition coefficient (Wildman–Crippen LogP) is 4.99. The van der Waals surface area contributed by atoms with E-state index in [9.17, 15) is 17.6 Å². The maximum Gasteiger partial charge on any atom is 0.243 e. The molecule has 1 amide bonds. The van der Waals surface area contributed by atoms with Gasteiger partial charge in [0.05, 0.1) is 18.6 Å². The van der Waals surface area contributed by atoms with Crippen LogP contribution in [0.1, 0.15) is 11.1 Å². The van der Waals surface area contributed by atoms with Gasteiger partial charge in [-0.1, -0.05) is 41.4 Å². The van der Waals surface area contributed by atoms with E-state index in [1.54, 1.807) is 26.3 Å². The number of amides is 1. The van der Waals surface area contributed by atoms with Crippen molar-refractivity contribution in [2.24, 2.45) is 0 Å². The minimum Gasteiger partial charge on any atom is -0.497 e. The first-order valence-corrected chi connectivity index (χ1v) is 12.4. The van der Waals surface area contributed by atoms with Crippen molar-refractivity contribution < 1.29 is 22.3 Å². The van der Waals surface area contributed by atoms with Gasteiger partial charge in [0.1, 0.15) is 11.6 Å². The van der Waals surface area contributed by atoms with Crippen LogP contribution >= 0.6 is 23.2 Å². The second kappa shape index (κ2) is 11.2. The normalized spacial score (nSPS) is 11.5. The lowest BCUT2D eigenvalue weighted by atomic mass is 10.2. The number of halogens is 3. The first-order valence-electron chi connectivity index (χ1n) is 10.2. The smallest absolute Gasteiger partial charge is 0.243 e. The van der Waals surface area contributed by atoms with Crippen LogP contribution in [0.25, 0.3) is 0 Å². The van der Waals surface area contributed by atoms with Crippen molar-refractivity contribution in [2.45, 2.75) is 18.0 Å². The molecule has 0 N–H and O–H groups in total. The molecule has 0 aromatic heterocycles. The second-order valence-electron chi connectivity index (χ2n) is 7.53. The quantitative estimate of drug-likeness (QED) is 0.395. The number of carbonyl (C=O) groups is 1. The SMILES string of the molecule is COc1ccc(CN(C)C(=O)CN(Cc2c(F)cccc2Cl)S(=O)(=O)c2ccc(Cl)cc2)cc1. The molecule has 34 heavy (non-hydrogen) atoms. The van der Waals surface area contributed by atoms with Crippen molar-refractivity contribution in [3.05, 3.63) is 93.7 Å². The number of rotatable bonds is 9. The van der Waals surface area contributed by atoms with Gasteiger partial charge in [0, 0.05) is 35.7 Å². The average Bonchev–Trinajstić information content (AvgIpc) is 2.81. The largest absolute Gasteiger partial charge is 0.497 e. The fourth-order valence-corrected chi connectivity index (χ4v) is 4.91. The van der Waals surface area contributed by atoms with Gasteiger partial charge in [0.2, 0.25) is 15.9 Å². The highest BCUT2D eigenvalue weighted by atomic mass is 35.5. The van der Waals surface area contributed by atoms with Gasteiger partial charge in [-0.2, -0.15) is 4.31 Å². The summed E-state index contributed by atoms with van der Waals surface area (Å²) in [6, 6.07) is 16.8. The van der Waals surface area contributed by atoms with Crippen molar-refractivity contribution in [2.75, 3.05) is 20.7 Å². The summed E-state index contributed by atoms with van der Waals surface area (Å²) < 4.78 is 47.3. The van der Waals surface area contributed by atoms with Crippen LogP contribution < -0.4 is 4.74 Å². The Bertz CT molecular complexity index is 1230. The van der Waals surface area contributed by atoms with Crippen molar-refractivity contribution in [3.63, 3.8) is 0 Å². The van der Waals surface area contributed by atoms with E-state index >= 15 is 0 Å². The molecule has 10 heteroatoms. The predicted molar refractivity (Wildman–Crippen MR) is 130 cm³/mol. The van der Waals surface area contributed by atoms with Crippen LogP contribution in [0.4, 0.5) is 4.39 Å². The third kappa shape index (κ3) is 6.27. The van der Waals surface area contributed by atoms with E-state index in [2.05, 4.69) is 0 Å². The summed E-state index contributed by atoms with van der Waals surface area (Å²) in [6.45, 7) is -0.682. The van der Waals surface area contributed by atoms with Gasteiger partial charge in [-0.3, -0.25) is 4.79 Å². The molecule has 0 unspecified atom stereocenters. The maximum absolute atomic E-state index is 14.5. The molecule has 180 valence electrons. The molecule has 0 fully saturated rings. The number of sulfonamides is 1. The minimum absolute atomic E-state index is 0.0210. The van der Waals surface area contributed by atoms with Crippen LogP contribution in [0.3, 0.4) is 0 Å². The van der Waals surface area contributed by atoms with Crippen molar-refractivity contribution in [1.82, 2.24) is 9.21 Å². The van der Waals surface area contributed by atoms with Gasteiger partial charge < -0.3 is 9.64 Å². The molecule has 0 saturated carbocycles. The van der Waals surface area contributed by atoms with E-state index in [1.165, 1.54) is 47.4 Å². The fraction of sp³-hybridized carbons (Fsp3) is 0.208. The monoisotopic (exact) mass is 524 g/mol. The van der Waals surface area contributed by atoms with Gasteiger partial charge in [-0.15, -0.1) is 0 Å². The van der Waals surface area contributed by atoms with E-state index < -0.39 is 34.8 Å². The van der Waals surface area contributed by atoms with Gasteiger partial charge in [-0.05, 0) is 54.1 Å². The number of benzene rings is 3. The van der Waals surface area contributed by atoms with Gasteiger partial charge in [0.15, 0.2) is 0 Å². The Labute approximate surface area is 208 Å². The molecule has 0 spiro atoms. The summed E-state index contributed by atoms with van der Waals surface area (Å²) in [6.07, 6.45) is 0. The zero-order chi connectivity index (χ0) is 24.9. The Hall–Kier alpha value is -2.65. The van der Waals surface area contributed by atoms with Crippen molar-refractivity contribution in [3.8, 4) is 5.75 Å². The zero-order valence-electron chi connectivity index (χ0n) is 18.5. The minimum atomic E-state index is -4.17. The number of likely N-dealkylation sites (N-methyl/N-ethyl adjacent to an activating group) is 1. The topological polar surface area (TPSA) is 66.9 Å². The van der Waals surface area contributed by atoms with Crippen molar-refractivity contribution >= 4 is 39.1 Å². The number of nitrogens with zero attached hydrogens (tertiary/aromatic N) is 2. The molecule has 0 radical (unpaired) electrons. The highest BCUT2D eigenvalue weighted by Gasteiger charge is 2.29. The van der Waals surface area contributed by atoms with E-state index in [0.29, 0.717) is 10.8 Å². The summed E-state index contributed by atoms with van der Waals surface area (Å²) in [5.41, 5.74) is 0.813. The number of ether oxygens (including phenoxy) is 1. The maximum atomic E-state index is 14.5. The number of hydrogen-bond donors (Lipinski definition) is 0. The molecule has 0 aliphatic carbocycles. The molecule has 0 aliphatic heterocycles. The van der Waals surface area contributed by atoms with Gasteiger partial charge in [0.25, 0.3) is 0 Å². The molecular weight excluding hydrogens is 502 g/mol. The molecule has 0 aliphatic rings. The lowest BCUT2D eigenvalue weighted by Crippen LogP contribution is -2.41. The number of methoxy groups -OCH3 is 1. The molecule has 6 nitrogen and oxygen atoms in total. The molecule has 0 atom stereocenters. The standard InChI is InChI=1S/C24H23Cl2FN2O4S/c1-28(14-17-6-10-19(33-2)11-7-17)24(30)16-29(15-21-22(26)4-3-5-23(21)27)34(31,32)20-12-8-18(25)9-13-20/h3-13H,14-16H2,1-2H3. The Morgan fingerprint density at radius 1 is 0.971 bits per heavy atom. The molecular formula is C24H23Cl2FN2O4S. The van der Waals surface area contributed by atoms with E-state index in [1.807, 2.05) is 12.1 Å². The molecule has 3 aromatic carbocycles. The zero-order valence-corrected chi connectivity index (χ0v) is 20.9. The highest BCUT2D eigenvalue weighted by Crippen LogP contribution is 2.25. The Balaban J connectivity index is 1.87. The van der Waals surface area contributed by atoms with Gasteiger partial charge in [-0.25, -0.2) is 12.8 Å². The Kier molecular flexibility index (Phi) is 8.54. The highest BCUT2D eigenvalue weighted by molar-refractivity contribution is 7.89. The third-order valence-corrected chi connectivity index (χ3v) is 7.58. The first-order chi connectivity index (χ1) is 16.1. The summed E-state index contributed by atoms with van der Waals surface area (Å²) >= 11 is 12.0. The number of hydrogen-bond acceptors (Lipinski definition) is 4. The van der Waals surface area contributed by atoms with Gasteiger partial charge >= 0.3 is 0 Å². The second-order valence-corrected chi connectivity index (χ2v) is 10.3. The molecule has 0 bridgehead atoms. The lowest BCUT2D eigenvalue weighted by Gasteiger charge is -2.25. The molecule has 0 heterocycles. The summed E-state index contributed by atoms with van der Waals surface area (Å²) in [7, 11) is -1.05. The lowest BCUT2D eigenvalue weighted by molar-refractivity contribution is -0.130. The summed E-state index contributed by atoms with van der Waals surface area (Å²) in [5, 5.41) is 0.424. The van der Waals surface area contributed by atoms with E-state index in [4.69, 9.17) is 27.9 Å². The average molecular weight is 525 g/mol. The third-order valence-electron chi connectivity index (χ3n) is 5.16. The number of carbonyl (C=O) groups excluding carboxylic acids is 1. The van der Waals surface area contributed by atoms with Crippen LogP contribution in [-0.4, -0.2) is 44.2 Å². The van der Waals surface area contributed by atoms with Crippen molar-refractivity contribution in [1.29, 1.82) is 0 Å². The Morgan fingerprint density at radius 3 is 2.21 bits per heavy atom. The fourth-order valence-electron chi connectivity index (χ4n) is 3.21. The first kappa shape index (κ1) is 26.0. The van der Waals surface area contributed by atoms with E-state index in [0.717, 1.165) is 9.87 Å². The molecule has 3 rings (SSSR count). The van der Waals surface area contributed by atoms with Crippen LogP contribution in [0.2, 0.25) is 10.0 Å². The van der Waals surface area contributed by atoms with Crippen LogP contribution in [-0.2, 0) is 27.9 Å². The van der Waals surface area contributed by atoms with E-state index in [-0.39, 0.29) is 22.0 Å².